The second-order valence-electron chi connectivity index (χ2n) is 4.31. The van der Waals surface area contributed by atoms with Crippen LogP contribution in [0.2, 0.25) is 0 Å². The highest BCUT2D eigenvalue weighted by molar-refractivity contribution is 8.00. The van der Waals surface area contributed by atoms with E-state index in [4.69, 9.17) is 9.47 Å². The molecule has 1 aliphatic rings. The number of ether oxygens (including phenoxy) is 2. The van der Waals surface area contributed by atoms with Crippen molar-refractivity contribution in [1.82, 2.24) is 5.32 Å². The van der Waals surface area contributed by atoms with Gasteiger partial charge in [0.15, 0.2) is 0 Å². The Labute approximate surface area is 104 Å². The van der Waals surface area contributed by atoms with E-state index in [2.05, 4.69) is 24.0 Å². The second kappa shape index (κ2) is 9.28. The summed E-state index contributed by atoms with van der Waals surface area (Å²) in [5.74, 6) is 0. The van der Waals surface area contributed by atoms with Crippen molar-refractivity contribution in [3.05, 3.63) is 0 Å². The van der Waals surface area contributed by atoms with Gasteiger partial charge in [-0.1, -0.05) is 6.92 Å². The lowest BCUT2D eigenvalue weighted by Crippen LogP contribution is -2.27. The van der Waals surface area contributed by atoms with Crippen molar-refractivity contribution in [2.24, 2.45) is 0 Å². The van der Waals surface area contributed by atoms with E-state index in [0.29, 0.717) is 5.25 Å². The topological polar surface area (TPSA) is 30.5 Å². The third kappa shape index (κ3) is 6.74. The van der Waals surface area contributed by atoms with E-state index in [9.17, 15) is 0 Å². The molecular formula is C12H25NO2S. The van der Waals surface area contributed by atoms with Crippen molar-refractivity contribution < 1.29 is 9.47 Å². The summed E-state index contributed by atoms with van der Waals surface area (Å²) in [7, 11) is 1.75. The standard InChI is InChI=1S/C12H25NO2S/c1-11(10-13-6-3-7-14-2)16-12-4-8-15-9-5-12/h11-13H,3-10H2,1-2H3. The minimum atomic E-state index is 0.700. The Hall–Kier alpha value is 0.230. The first-order chi connectivity index (χ1) is 7.83. The fourth-order valence-corrected chi connectivity index (χ4v) is 3.17. The van der Waals surface area contributed by atoms with Crippen LogP contribution in [-0.2, 0) is 9.47 Å². The summed E-state index contributed by atoms with van der Waals surface area (Å²) < 4.78 is 10.4. The van der Waals surface area contributed by atoms with Gasteiger partial charge < -0.3 is 14.8 Å². The van der Waals surface area contributed by atoms with E-state index >= 15 is 0 Å². The Balaban J connectivity index is 1.95. The van der Waals surface area contributed by atoms with Gasteiger partial charge in [-0.05, 0) is 25.8 Å². The summed E-state index contributed by atoms with van der Waals surface area (Å²) in [4.78, 5) is 0. The van der Waals surface area contributed by atoms with Crippen molar-refractivity contribution in [2.45, 2.75) is 36.7 Å². The van der Waals surface area contributed by atoms with Crippen LogP contribution in [0.3, 0.4) is 0 Å². The lowest BCUT2D eigenvalue weighted by atomic mass is 10.2. The van der Waals surface area contributed by atoms with Gasteiger partial charge in [-0.15, -0.1) is 0 Å². The number of hydrogen-bond acceptors (Lipinski definition) is 4. The van der Waals surface area contributed by atoms with Gasteiger partial charge in [-0.3, -0.25) is 0 Å². The molecule has 0 aliphatic carbocycles. The van der Waals surface area contributed by atoms with Gasteiger partial charge in [0.25, 0.3) is 0 Å². The Morgan fingerprint density at radius 3 is 2.88 bits per heavy atom. The number of thioether (sulfide) groups is 1. The molecule has 0 bridgehead atoms. The SMILES string of the molecule is COCCCNCC(C)SC1CCOCC1. The van der Waals surface area contributed by atoms with E-state index in [1.54, 1.807) is 7.11 Å². The molecule has 96 valence electrons. The van der Waals surface area contributed by atoms with Crippen molar-refractivity contribution in [1.29, 1.82) is 0 Å². The summed E-state index contributed by atoms with van der Waals surface area (Å²) in [5, 5.41) is 4.99. The molecule has 1 aliphatic heterocycles. The van der Waals surface area contributed by atoms with Gasteiger partial charge in [0, 0.05) is 44.0 Å². The Morgan fingerprint density at radius 1 is 1.44 bits per heavy atom. The average molecular weight is 247 g/mol. The third-order valence-corrected chi connectivity index (χ3v) is 4.21. The number of rotatable bonds is 8. The summed E-state index contributed by atoms with van der Waals surface area (Å²) >= 11 is 2.11. The van der Waals surface area contributed by atoms with E-state index in [1.807, 2.05) is 0 Å². The third-order valence-electron chi connectivity index (χ3n) is 2.73. The maximum absolute atomic E-state index is 5.36. The lowest BCUT2D eigenvalue weighted by molar-refractivity contribution is 0.0999. The molecule has 0 amide bonds. The molecule has 1 unspecified atom stereocenters. The molecule has 1 heterocycles. The summed E-state index contributed by atoms with van der Waals surface area (Å²) in [6, 6.07) is 0. The first kappa shape index (κ1) is 14.3. The molecular weight excluding hydrogens is 222 g/mol. The maximum atomic E-state index is 5.36. The van der Waals surface area contributed by atoms with Crippen LogP contribution in [-0.4, -0.2) is 50.5 Å². The molecule has 0 saturated carbocycles. The van der Waals surface area contributed by atoms with Gasteiger partial charge in [0.2, 0.25) is 0 Å². The highest BCUT2D eigenvalue weighted by atomic mass is 32.2. The first-order valence-electron chi connectivity index (χ1n) is 6.25. The molecule has 3 nitrogen and oxygen atoms in total. The Morgan fingerprint density at radius 2 is 2.19 bits per heavy atom. The second-order valence-corrected chi connectivity index (χ2v) is 6.05. The van der Waals surface area contributed by atoms with Gasteiger partial charge in [0.1, 0.15) is 0 Å². The zero-order valence-corrected chi connectivity index (χ0v) is 11.4. The quantitative estimate of drug-likeness (QED) is 0.664. The van der Waals surface area contributed by atoms with Crippen molar-refractivity contribution in [3.63, 3.8) is 0 Å². The molecule has 1 N–H and O–H groups in total. The van der Waals surface area contributed by atoms with Gasteiger partial charge >= 0.3 is 0 Å². The summed E-state index contributed by atoms with van der Waals surface area (Å²) in [6.07, 6.45) is 3.54. The van der Waals surface area contributed by atoms with Crippen LogP contribution in [0.1, 0.15) is 26.2 Å². The van der Waals surface area contributed by atoms with Gasteiger partial charge in [0.05, 0.1) is 0 Å². The molecule has 16 heavy (non-hydrogen) atoms. The highest BCUT2D eigenvalue weighted by Gasteiger charge is 2.16. The molecule has 0 aromatic rings. The van der Waals surface area contributed by atoms with E-state index < -0.39 is 0 Å². The van der Waals surface area contributed by atoms with E-state index in [1.165, 1.54) is 12.8 Å². The van der Waals surface area contributed by atoms with Crippen LogP contribution in [0.4, 0.5) is 0 Å². The fraction of sp³-hybridized carbons (Fsp3) is 1.00. The first-order valence-corrected chi connectivity index (χ1v) is 7.20. The van der Waals surface area contributed by atoms with Crippen LogP contribution >= 0.6 is 11.8 Å². The minimum absolute atomic E-state index is 0.700. The molecule has 0 aromatic carbocycles. The van der Waals surface area contributed by atoms with Crippen LogP contribution in [0.15, 0.2) is 0 Å². The molecule has 4 heteroatoms. The molecule has 1 saturated heterocycles. The predicted octanol–water partition coefficient (Wildman–Crippen LogP) is 1.91. The van der Waals surface area contributed by atoms with Crippen molar-refractivity contribution in [2.75, 3.05) is 40.0 Å². The maximum Gasteiger partial charge on any atom is 0.0476 e. The van der Waals surface area contributed by atoms with Gasteiger partial charge in [-0.2, -0.15) is 11.8 Å². The predicted molar refractivity (Wildman–Crippen MR) is 70.3 cm³/mol. The molecule has 0 radical (unpaired) electrons. The number of hydrogen-bond donors (Lipinski definition) is 1. The normalized spacial score (nSPS) is 19.9. The molecule has 1 rings (SSSR count). The zero-order valence-electron chi connectivity index (χ0n) is 10.5. The number of nitrogens with one attached hydrogen (secondary N) is 1. The summed E-state index contributed by atoms with van der Waals surface area (Å²) in [6.45, 7) is 7.23. The largest absolute Gasteiger partial charge is 0.385 e. The fourth-order valence-electron chi connectivity index (χ4n) is 1.84. The average Bonchev–Trinajstić information content (AvgIpc) is 2.30. The molecule has 0 aromatic heterocycles. The molecule has 0 spiro atoms. The van der Waals surface area contributed by atoms with Crippen molar-refractivity contribution >= 4 is 11.8 Å². The monoisotopic (exact) mass is 247 g/mol. The van der Waals surface area contributed by atoms with Crippen molar-refractivity contribution in [3.8, 4) is 0 Å². The molecule has 1 fully saturated rings. The highest BCUT2D eigenvalue weighted by Crippen LogP contribution is 2.25. The number of methoxy groups -OCH3 is 1. The smallest absolute Gasteiger partial charge is 0.0476 e. The zero-order chi connectivity index (χ0) is 11.6. The van der Waals surface area contributed by atoms with E-state index in [-0.39, 0.29) is 0 Å². The summed E-state index contributed by atoms with van der Waals surface area (Å²) in [5.41, 5.74) is 0. The Bertz CT molecular complexity index is 163. The van der Waals surface area contributed by atoms with Crippen LogP contribution in [0.25, 0.3) is 0 Å². The van der Waals surface area contributed by atoms with Gasteiger partial charge in [-0.25, -0.2) is 0 Å². The van der Waals surface area contributed by atoms with Crippen LogP contribution in [0.5, 0.6) is 0 Å². The van der Waals surface area contributed by atoms with Crippen LogP contribution in [0, 0.1) is 0 Å². The van der Waals surface area contributed by atoms with Crippen LogP contribution < -0.4 is 5.32 Å². The molecule has 1 atom stereocenters. The Kier molecular flexibility index (Phi) is 8.29. The van der Waals surface area contributed by atoms with E-state index in [0.717, 1.165) is 44.6 Å². The minimum Gasteiger partial charge on any atom is -0.385 e. The lowest BCUT2D eigenvalue weighted by Gasteiger charge is -2.24.